The van der Waals surface area contributed by atoms with Gasteiger partial charge in [0, 0.05) is 6.54 Å². The predicted molar refractivity (Wildman–Crippen MR) is 116 cm³/mol. The third kappa shape index (κ3) is 4.46. The van der Waals surface area contributed by atoms with E-state index in [-0.39, 0.29) is 16.5 Å². The Hall–Kier alpha value is -1.73. The number of amides is 1. The lowest BCUT2D eigenvalue weighted by molar-refractivity contribution is 0.0986. The summed E-state index contributed by atoms with van der Waals surface area (Å²) < 4.78 is 14.3. The Morgan fingerprint density at radius 1 is 1.14 bits per heavy atom. The van der Waals surface area contributed by atoms with Crippen LogP contribution in [0.4, 0.5) is 9.52 Å². The highest BCUT2D eigenvalue weighted by atomic mass is 35.5. The van der Waals surface area contributed by atoms with Crippen LogP contribution in [0.2, 0.25) is 10.0 Å². The number of anilines is 1. The molecule has 0 unspecified atom stereocenters. The number of carbonyl (C=O) groups excluding carboxylic acids is 1. The second-order valence-electron chi connectivity index (χ2n) is 6.78. The molecule has 0 radical (unpaired) electrons. The number of fused-ring (bicyclic) bond motifs is 1. The van der Waals surface area contributed by atoms with Crippen LogP contribution in [0.1, 0.15) is 22.3 Å². The van der Waals surface area contributed by atoms with Crippen LogP contribution in [0.5, 0.6) is 0 Å². The average molecular weight is 440 g/mol. The zero-order chi connectivity index (χ0) is 20.4. The summed E-state index contributed by atoms with van der Waals surface area (Å²) in [4.78, 5) is 21.6. The van der Waals surface area contributed by atoms with Crippen molar-refractivity contribution in [1.82, 2.24) is 9.88 Å². The second-order valence-corrected chi connectivity index (χ2v) is 8.57. The van der Waals surface area contributed by atoms with Gasteiger partial charge in [-0.3, -0.25) is 9.69 Å². The number of aryl methyl sites for hydroxylation is 1. The predicted octanol–water partition coefficient (Wildman–Crippen LogP) is 5.65. The second kappa shape index (κ2) is 8.74. The van der Waals surface area contributed by atoms with Gasteiger partial charge >= 0.3 is 0 Å². The molecule has 3 rings (SSSR count). The van der Waals surface area contributed by atoms with Gasteiger partial charge in [0.25, 0.3) is 5.91 Å². The topological polar surface area (TPSA) is 36.4 Å². The minimum absolute atomic E-state index is 0.0814. The van der Waals surface area contributed by atoms with E-state index in [4.69, 9.17) is 23.2 Å². The largest absolute Gasteiger partial charge is 0.309 e. The molecule has 28 heavy (non-hydrogen) atoms. The fraction of sp³-hybridized carbons (Fsp3) is 0.300. The fourth-order valence-electron chi connectivity index (χ4n) is 2.84. The minimum atomic E-state index is -0.483. The molecule has 0 atom stereocenters. The van der Waals surface area contributed by atoms with Gasteiger partial charge in [0.2, 0.25) is 0 Å². The standard InChI is InChI=1S/C20H20Cl2FN3OS/c1-12-5-8-15(21)18-17(12)24-20(28-18)26(10-4-9-25(2)3)19(27)14-7-6-13(23)11-16(14)22/h5-8,11H,4,9-10H2,1-3H3. The highest BCUT2D eigenvalue weighted by Gasteiger charge is 2.24. The molecule has 148 valence electrons. The molecule has 0 saturated carbocycles. The van der Waals surface area contributed by atoms with Gasteiger partial charge in [0.05, 0.1) is 25.8 Å². The monoisotopic (exact) mass is 439 g/mol. The highest BCUT2D eigenvalue weighted by Crippen LogP contribution is 2.36. The number of rotatable bonds is 6. The maximum absolute atomic E-state index is 13.4. The molecule has 0 fully saturated rings. The summed E-state index contributed by atoms with van der Waals surface area (Å²) in [5.74, 6) is -0.792. The maximum Gasteiger partial charge on any atom is 0.261 e. The molecule has 0 aliphatic carbocycles. The van der Waals surface area contributed by atoms with Crippen molar-refractivity contribution in [1.29, 1.82) is 0 Å². The molecule has 0 aliphatic heterocycles. The van der Waals surface area contributed by atoms with E-state index in [1.54, 1.807) is 4.90 Å². The summed E-state index contributed by atoms with van der Waals surface area (Å²) in [7, 11) is 3.95. The summed E-state index contributed by atoms with van der Waals surface area (Å²) in [6.45, 7) is 3.23. The number of hydrogen-bond donors (Lipinski definition) is 0. The average Bonchev–Trinajstić information content (AvgIpc) is 3.07. The van der Waals surface area contributed by atoms with E-state index in [1.165, 1.54) is 23.5 Å². The third-order valence-corrected chi connectivity index (χ3v) is 6.16. The molecule has 1 heterocycles. The third-order valence-electron chi connectivity index (χ3n) is 4.31. The number of halogens is 3. The molecular weight excluding hydrogens is 420 g/mol. The normalized spacial score (nSPS) is 11.4. The molecule has 0 aliphatic rings. The zero-order valence-electron chi connectivity index (χ0n) is 15.8. The smallest absolute Gasteiger partial charge is 0.261 e. The lowest BCUT2D eigenvalue weighted by atomic mass is 10.2. The van der Waals surface area contributed by atoms with Crippen molar-refractivity contribution in [3.63, 3.8) is 0 Å². The van der Waals surface area contributed by atoms with Gasteiger partial charge in [-0.1, -0.05) is 40.6 Å². The fourth-order valence-corrected chi connectivity index (χ4v) is 4.43. The number of nitrogens with zero attached hydrogens (tertiary/aromatic N) is 3. The van der Waals surface area contributed by atoms with Crippen molar-refractivity contribution in [2.45, 2.75) is 13.3 Å². The Morgan fingerprint density at radius 2 is 1.89 bits per heavy atom. The lowest BCUT2D eigenvalue weighted by Gasteiger charge is -2.21. The SMILES string of the molecule is Cc1ccc(Cl)c2sc(N(CCCN(C)C)C(=O)c3ccc(F)cc3Cl)nc12. The molecule has 0 saturated heterocycles. The van der Waals surface area contributed by atoms with Crippen molar-refractivity contribution in [2.75, 3.05) is 32.1 Å². The van der Waals surface area contributed by atoms with Crippen molar-refractivity contribution < 1.29 is 9.18 Å². The molecule has 3 aromatic rings. The summed E-state index contributed by atoms with van der Waals surface area (Å²) >= 11 is 13.8. The first-order chi connectivity index (χ1) is 13.3. The first-order valence-electron chi connectivity index (χ1n) is 8.75. The van der Waals surface area contributed by atoms with Gasteiger partial charge in [0.1, 0.15) is 5.82 Å². The van der Waals surface area contributed by atoms with E-state index in [0.717, 1.165) is 34.8 Å². The number of thiazole rings is 1. The zero-order valence-corrected chi connectivity index (χ0v) is 18.1. The van der Waals surface area contributed by atoms with Gasteiger partial charge in [0.15, 0.2) is 5.13 Å². The van der Waals surface area contributed by atoms with E-state index in [2.05, 4.69) is 4.98 Å². The number of hydrogen-bond acceptors (Lipinski definition) is 4. The Labute approximate surface area is 177 Å². The van der Waals surface area contributed by atoms with Crippen molar-refractivity contribution in [3.05, 3.63) is 57.3 Å². The number of carbonyl (C=O) groups is 1. The summed E-state index contributed by atoms with van der Waals surface area (Å²) in [6.07, 6.45) is 0.750. The molecule has 0 N–H and O–H groups in total. The maximum atomic E-state index is 13.4. The van der Waals surface area contributed by atoms with Crippen LogP contribution < -0.4 is 4.90 Å². The van der Waals surface area contributed by atoms with E-state index in [1.807, 2.05) is 38.1 Å². The van der Waals surface area contributed by atoms with Gasteiger partial charge in [-0.15, -0.1) is 0 Å². The van der Waals surface area contributed by atoms with Gasteiger partial charge in [-0.05, 0) is 63.8 Å². The molecule has 2 aromatic carbocycles. The number of aromatic nitrogens is 1. The first kappa shape index (κ1) is 21.0. The molecular formula is C20H20Cl2FN3OS. The van der Waals surface area contributed by atoms with Crippen LogP contribution in [0.25, 0.3) is 10.2 Å². The van der Waals surface area contributed by atoms with Crippen LogP contribution in [0.3, 0.4) is 0 Å². The Balaban J connectivity index is 2.02. The summed E-state index contributed by atoms with van der Waals surface area (Å²) in [5.41, 5.74) is 2.01. The first-order valence-corrected chi connectivity index (χ1v) is 10.3. The van der Waals surface area contributed by atoms with Crippen molar-refractivity contribution in [2.24, 2.45) is 0 Å². The molecule has 1 aromatic heterocycles. The van der Waals surface area contributed by atoms with Gasteiger partial charge < -0.3 is 4.90 Å². The minimum Gasteiger partial charge on any atom is -0.309 e. The molecule has 4 nitrogen and oxygen atoms in total. The van der Waals surface area contributed by atoms with Crippen LogP contribution >= 0.6 is 34.5 Å². The molecule has 0 spiro atoms. The quantitative estimate of drug-likeness (QED) is 0.497. The molecule has 0 bridgehead atoms. The van der Waals surface area contributed by atoms with Gasteiger partial charge in [-0.2, -0.15) is 0 Å². The Morgan fingerprint density at radius 3 is 2.54 bits per heavy atom. The Bertz CT molecular complexity index is 983. The van der Waals surface area contributed by atoms with E-state index in [9.17, 15) is 9.18 Å². The summed E-state index contributed by atoms with van der Waals surface area (Å²) in [6, 6.07) is 7.52. The van der Waals surface area contributed by atoms with Crippen LogP contribution in [-0.2, 0) is 0 Å². The number of benzene rings is 2. The van der Waals surface area contributed by atoms with E-state index < -0.39 is 5.82 Å². The lowest BCUT2D eigenvalue weighted by Crippen LogP contribution is -2.33. The van der Waals surface area contributed by atoms with Crippen molar-refractivity contribution >= 4 is 55.8 Å². The van der Waals surface area contributed by atoms with E-state index >= 15 is 0 Å². The van der Waals surface area contributed by atoms with Crippen molar-refractivity contribution in [3.8, 4) is 0 Å². The molecule has 1 amide bonds. The highest BCUT2D eigenvalue weighted by molar-refractivity contribution is 7.23. The van der Waals surface area contributed by atoms with Crippen LogP contribution in [-0.4, -0.2) is 43.0 Å². The van der Waals surface area contributed by atoms with Crippen LogP contribution in [0, 0.1) is 12.7 Å². The van der Waals surface area contributed by atoms with Gasteiger partial charge in [-0.25, -0.2) is 9.37 Å². The molecule has 8 heteroatoms. The summed E-state index contributed by atoms with van der Waals surface area (Å²) in [5, 5.41) is 1.23. The van der Waals surface area contributed by atoms with E-state index in [0.29, 0.717) is 16.7 Å². The Kier molecular flexibility index (Phi) is 6.55. The van der Waals surface area contributed by atoms with Crippen LogP contribution in [0.15, 0.2) is 30.3 Å².